The Labute approximate surface area is 149 Å². The third kappa shape index (κ3) is 1.53. The first kappa shape index (κ1) is 9.03. The molecular weight excluding hydrogens is 294 g/mol. The van der Waals surface area contributed by atoms with Gasteiger partial charge in [0.2, 0.25) is 0 Å². The zero-order chi connectivity index (χ0) is 21.6. The zero-order valence-corrected chi connectivity index (χ0v) is 13.4. The second-order valence-corrected chi connectivity index (χ2v) is 6.88. The molecule has 0 atom stereocenters. The normalized spacial score (nSPS) is 19.8. The fourth-order valence-corrected chi connectivity index (χ4v) is 4.03. The minimum absolute atomic E-state index is 0.189. The Morgan fingerprint density at radius 2 is 1.83 bits per heavy atom. The fourth-order valence-electron chi connectivity index (χ4n) is 4.03. The van der Waals surface area contributed by atoms with Crippen LogP contribution in [0, 0.1) is 13.7 Å². The molecule has 0 N–H and O–H groups in total. The summed E-state index contributed by atoms with van der Waals surface area (Å²) in [6, 6.07) is 11.2. The lowest BCUT2D eigenvalue weighted by molar-refractivity contribution is 0.643. The average molecular weight is 319 g/mol. The third-order valence-electron chi connectivity index (χ3n) is 5.14. The van der Waals surface area contributed by atoms with Crippen LogP contribution in [0.1, 0.15) is 44.3 Å². The Bertz CT molecular complexity index is 1340. The van der Waals surface area contributed by atoms with Gasteiger partial charge in [-0.1, -0.05) is 26.0 Å². The quantitative estimate of drug-likeness (QED) is 0.436. The van der Waals surface area contributed by atoms with Crippen molar-refractivity contribution < 1.29 is 12.6 Å². The summed E-state index contributed by atoms with van der Waals surface area (Å²) in [5.74, 6) is 0. The van der Waals surface area contributed by atoms with Crippen molar-refractivity contribution in [3.8, 4) is 11.3 Å². The lowest BCUT2D eigenvalue weighted by Gasteiger charge is -2.25. The van der Waals surface area contributed by atoms with E-state index in [-0.39, 0.29) is 16.5 Å². The first-order valence-electron chi connectivity index (χ1n) is 10.9. The van der Waals surface area contributed by atoms with E-state index in [2.05, 4.69) is 24.9 Å². The first-order chi connectivity index (χ1) is 13.9. The van der Waals surface area contributed by atoms with Gasteiger partial charge < -0.3 is 4.42 Å². The van der Waals surface area contributed by atoms with Gasteiger partial charge in [-0.25, -0.2) is 0 Å². The molecule has 24 heavy (non-hydrogen) atoms. The maximum Gasteiger partial charge on any atom is 0.135 e. The fraction of sp³-hybridized carbons (Fsp3) is 0.227. The van der Waals surface area contributed by atoms with Gasteiger partial charge in [0.25, 0.3) is 0 Å². The molecule has 2 aromatic heterocycles. The van der Waals surface area contributed by atoms with E-state index in [1.165, 1.54) is 12.3 Å². The predicted molar refractivity (Wildman–Crippen MR) is 98.6 cm³/mol. The van der Waals surface area contributed by atoms with Gasteiger partial charge in [0.1, 0.15) is 11.2 Å². The molecule has 1 aliphatic rings. The van der Waals surface area contributed by atoms with Gasteiger partial charge in [-0.15, -0.1) is 0 Å². The summed E-state index contributed by atoms with van der Waals surface area (Å²) in [7, 11) is 0. The van der Waals surface area contributed by atoms with E-state index in [4.69, 9.17) is 12.6 Å². The van der Waals surface area contributed by atoms with Crippen molar-refractivity contribution in [2.75, 3.05) is 0 Å². The van der Waals surface area contributed by atoms with E-state index in [0.717, 1.165) is 38.6 Å². The van der Waals surface area contributed by atoms with E-state index in [1.54, 1.807) is 0 Å². The van der Waals surface area contributed by atoms with Crippen molar-refractivity contribution in [3.63, 3.8) is 0 Å². The topological polar surface area (TPSA) is 26.0 Å². The second-order valence-electron chi connectivity index (χ2n) is 6.88. The van der Waals surface area contributed by atoms with Crippen LogP contribution in [0.5, 0.6) is 0 Å². The molecule has 2 heterocycles. The molecule has 1 aliphatic carbocycles. The smallest absolute Gasteiger partial charge is 0.135 e. The van der Waals surface area contributed by atoms with Gasteiger partial charge >= 0.3 is 0 Å². The summed E-state index contributed by atoms with van der Waals surface area (Å²) in [5, 5.41) is 2.09. The Morgan fingerprint density at radius 1 is 1.00 bits per heavy atom. The largest absolute Gasteiger partial charge is 0.456 e. The van der Waals surface area contributed by atoms with Crippen LogP contribution < -0.4 is 0 Å². The van der Waals surface area contributed by atoms with Gasteiger partial charge in [0, 0.05) is 36.2 Å². The lowest BCUT2D eigenvalue weighted by Crippen LogP contribution is -2.17. The van der Waals surface area contributed by atoms with Gasteiger partial charge in [-0.05, 0) is 60.2 Å². The minimum Gasteiger partial charge on any atom is -0.456 e. The van der Waals surface area contributed by atoms with E-state index in [0.29, 0.717) is 5.69 Å². The maximum atomic E-state index is 7.87. The maximum absolute atomic E-state index is 7.87. The Hall–Kier alpha value is -2.61. The van der Waals surface area contributed by atoms with E-state index in [1.807, 2.05) is 24.3 Å². The highest BCUT2D eigenvalue weighted by molar-refractivity contribution is 6.14. The van der Waals surface area contributed by atoms with Crippen molar-refractivity contribution in [2.45, 2.75) is 33.0 Å². The van der Waals surface area contributed by atoms with Gasteiger partial charge in [0.15, 0.2) is 0 Å². The zero-order valence-electron chi connectivity index (χ0n) is 19.4. The number of rotatable bonds is 1. The van der Waals surface area contributed by atoms with Crippen LogP contribution in [0.3, 0.4) is 0 Å². The van der Waals surface area contributed by atoms with Crippen LogP contribution in [0.15, 0.2) is 47.0 Å². The molecule has 0 saturated carbocycles. The summed E-state index contributed by atoms with van der Waals surface area (Å²) in [6.07, 6.45) is 1.18. The van der Waals surface area contributed by atoms with Gasteiger partial charge in [-0.2, -0.15) is 0 Å². The van der Waals surface area contributed by atoms with E-state index < -0.39 is 13.7 Å². The summed E-state index contributed by atoms with van der Waals surface area (Å²) in [5.41, 5.74) is 4.23. The number of pyridine rings is 1. The number of hydrogen-bond donors (Lipinski definition) is 0. The standard InChI is InChI=1S/C22H19NO/c1-12-10-16(23-11-13(12)2)14-8-9-18-20-19-15(22(3,4)21(14)20)6-5-7-17(19)24-18/h5-11H,1-4H3/i1D3,2D3. The average Bonchev–Trinajstić information content (AvgIpc) is 3.14. The van der Waals surface area contributed by atoms with Crippen molar-refractivity contribution in [1.29, 1.82) is 0 Å². The molecule has 2 heteroatoms. The van der Waals surface area contributed by atoms with Gasteiger partial charge in [-0.3, -0.25) is 4.98 Å². The van der Waals surface area contributed by atoms with Crippen LogP contribution >= 0.6 is 0 Å². The number of nitrogens with zero attached hydrogens (tertiary/aromatic N) is 1. The Morgan fingerprint density at radius 3 is 2.67 bits per heavy atom. The highest BCUT2D eigenvalue weighted by Gasteiger charge is 2.38. The molecule has 0 unspecified atom stereocenters. The molecular formula is C22H19NO. The number of aromatic nitrogens is 1. The molecule has 2 nitrogen and oxygen atoms in total. The SMILES string of the molecule is [2H]C([2H])([2H])c1cnc(-c2ccc3oc4cccc5c4c3c2C5(C)C)cc1C([2H])([2H])[2H]. The number of hydrogen-bond acceptors (Lipinski definition) is 2. The molecule has 0 spiro atoms. The van der Waals surface area contributed by atoms with Crippen LogP contribution in [0.2, 0.25) is 0 Å². The molecule has 0 bridgehead atoms. The summed E-state index contributed by atoms with van der Waals surface area (Å²) < 4.78 is 52.7. The molecule has 5 rings (SSSR count). The van der Waals surface area contributed by atoms with Crippen LogP contribution in [-0.2, 0) is 5.41 Å². The van der Waals surface area contributed by atoms with Crippen LogP contribution in [0.25, 0.3) is 33.2 Å². The second kappa shape index (κ2) is 4.27. The molecule has 0 saturated heterocycles. The summed E-state index contributed by atoms with van der Waals surface area (Å²) >= 11 is 0. The van der Waals surface area contributed by atoms with Crippen molar-refractivity contribution in [1.82, 2.24) is 4.98 Å². The molecule has 118 valence electrons. The highest BCUT2D eigenvalue weighted by atomic mass is 16.3. The van der Waals surface area contributed by atoms with E-state index in [9.17, 15) is 0 Å². The van der Waals surface area contributed by atoms with Gasteiger partial charge in [0.05, 0.1) is 5.69 Å². The monoisotopic (exact) mass is 319 g/mol. The molecule has 0 aliphatic heterocycles. The van der Waals surface area contributed by atoms with Crippen LogP contribution in [-0.4, -0.2) is 4.98 Å². The molecule has 0 fully saturated rings. The lowest BCUT2D eigenvalue weighted by atomic mass is 9.79. The predicted octanol–water partition coefficient (Wildman–Crippen LogP) is 5.90. The minimum atomic E-state index is -2.56. The number of furan rings is 1. The van der Waals surface area contributed by atoms with Crippen molar-refractivity contribution >= 4 is 21.9 Å². The first-order valence-corrected chi connectivity index (χ1v) is 7.91. The molecule has 0 amide bonds. The molecule has 0 radical (unpaired) electrons. The van der Waals surface area contributed by atoms with Crippen molar-refractivity contribution in [3.05, 3.63) is 64.8 Å². The Balaban J connectivity index is 1.83. The molecule has 2 aromatic carbocycles. The van der Waals surface area contributed by atoms with Crippen molar-refractivity contribution in [2.24, 2.45) is 0 Å². The number of benzene rings is 2. The van der Waals surface area contributed by atoms with Crippen LogP contribution in [0.4, 0.5) is 0 Å². The molecule has 4 aromatic rings. The summed E-state index contributed by atoms with van der Waals surface area (Å²) in [6.45, 7) is -0.863. The highest BCUT2D eigenvalue weighted by Crippen LogP contribution is 2.52. The third-order valence-corrected chi connectivity index (χ3v) is 5.14. The van der Waals surface area contributed by atoms with E-state index >= 15 is 0 Å². The summed E-state index contributed by atoms with van der Waals surface area (Å²) in [4.78, 5) is 4.39. The Kier molecular flexibility index (Phi) is 1.60. The number of aryl methyl sites for hydroxylation is 2.